The molecular weight excluding hydrogens is 443 g/mol. The molecule has 0 unspecified atom stereocenters. The summed E-state index contributed by atoms with van der Waals surface area (Å²) in [5, 5.41) is 0.713. The minimum atomic E-state index is -4.00. The maximum absolute atomic E-state index is 12.8. The zero-order valence-electron chi connectivity index (χ0n) is 15.0. The summed E-state index contributed by atoms with van der Waals surface area (Å²) in [5.74, 6) is -0.535. The number of fused-ring (bicyclic) bond motifs is 1. The molecular formula is C18H16Cl2N2O4S2. The Morgan fingerprint density at radius 2 is 1.79 bits per heavy atom. The smallest absolute Gasteiger partial charge is 0.326 e. The van der Waals surface area contributed by atoms with E-state index < -0.39 is 16.0 Å². The SMILES string of the molecule is CCOC(=O)Cn1/c(=N/S(=O)(=O)c2ccc(C)cc2)sc2c(Cl)ccc(Cl)c21. The number of carbonyl (C=O) groups excluding carboxylic acids is 1. The summed E-state index contributed by atoms with van der Waals surface area (Å²) in [4.78, 5) is 12.2. The van der Waals surface area contributed by atoms with Gasteiger partial charge in [0.05, 0.1) is 31.8 Å². The molecule has 148 valence electrons. The number of halogens is 2. The van der Waals surface area contributed by atoms with Crippen molar-refractivity contribution in [3.8, 4) is 0 Å². The minimum Gasteiger partial charge on any atom is -0.465 e. The summed E-state index contributed by atoms with van der Waals surface area (Å²) in [6.07, 6.45) is 0. The van der Waals surface area contributed by atoms with Crippen LogP contribution in [0.15, 0.2) is 45.7 Å². The third kappa shape index (κ3) is 4.25. The third-order valence-electron chi connectivity index (χ3n) is 3.84. The number of carbonyl (C=O) groups is 1. The average Bonchev–Trinajstić information content (AvgIpc) is 2.97. The molecule has 3 rings (SSSR count). The van der Waals surface area contributed by atoms with Crippen molar-refractivity contribution in [1.82, 2.24) is 4.57 Å². The number of nitrogens with zero attached hydrogens (tertiary/aromatic N) is 2. The van der Waals surface area contributed by atoms with E-state index >= 15 is 0 Å². The van der Waals surface area contributed by atoms with Gasteiger partial charge in [0.15, 0.2) is 0 Å². The second-order valence-corrected chi connectivity index (χ2v) is 9.26. The van der Waals surface area contributed by atoms with Gasteiger partial charge in [0, 0.05) is 0 Å². The second-order valence-electron chi connectivity index (χ2n) is 5.86. The van der Waals surface area contributed by atoms with Gasteiger partial charge >= 0.3 is 5.97 Å². The predicted octanol–water partition coefficient (Wildman–Crippen LogP) is 4.17. The van der Waals surface area contributed by atoms with Gasteiger partial charge in [-0.05, 0) is 38.1 Å². The lowest BCUT2D eigenvalue weighted by molar-refractivity contribution is -0.143. The number of hydrogen-bond acceptors (Lipinski definition) is 5. The van der Waals surface area contributed by atoms with Gasteiger partial charge in [0.2, 0.25) is 4.80 Å². The lowest BCUT2D eigenvalue weighted by Crippen LogP contribution is -2.23. The van der Waals surface area contributed by atoms with Crippen molar-refractivity contribution in [2.45, 2.75) is 25.3 Å². The Labute approximate surface area is 176 Å². The van der Waals surface area contributed by atoms with E-state index in [1.54, 1.807) is 31.2 Å². The summed E-state index contributed by atoms with van der Waals surface area (Å²) in [6.45, 7) is 3.50. The molecule has 0 aliphatic rings. The fourth-order valence-electron chi connectivity index (χ4n) is 2.53. The fourth-order valence-corrected chi connectivity index (χ4v) is 5.38. The van der Waals surface area contributed by atoms with Gasteiger partial charge in [-0.25, -0.2) is 0 Å². The molecule has 0 spiro atoms. The zero-order chi connectivity index (χ0) is 20.5. The van der Waals surface area contributed by atoms with Crippen LogP contribution in [0.1, 0.15) is 12.5 Å². The number of aryl methyl sites for hydroxylation is 1. The van der Waals surface area contributed by atoms with Crippen LogP contribution in [0, 0.1) is 6.92 Å². The third-order valence-corrected chi connectivity index (χ3v) is 7.08. The Bertz CT molecular complexity index is 1210. The Morgan fingerprint density at radius 1 is 1.14 bits per heavy atom. The molecule has 0 aliphatic heterocycles. The van der Waals surface area contributed by atoms with Crippen molar-refractivity contribution in [3.05, 3.63) is 56.8 Å². The normalized spacial score (nSPS) is 12.5. The first-order valence-corrected chi connectivity index (χ1v) is 11.2. The van der Waals surface area contributed by atoms with Crippen LogP contribution in [-0.2, 0) is 26.1 Å². The number of benzene rings is 2. The van der Waals surface area contributed by atoms with E-state index in [-0.39, 0.29) is 22.8 Å². The molecule has 2 aromatic carbocycles. The highest BCUT2D eigenvalue weighted by Gasteiger charge is 2.19. The summed E-state index contributed by atoms with van der Waals surface area (Å²) < 4.78 is 36.4. The Hall–Kier alpha value is -1.87. The molecule has 0 saturated heterocycles. The van der Waals surface area contributed by atoms with Gasteiger partial charge < -0.3 is 9.30 Å². The lowest BCUT2D eigenvalue weighted by atomic mass is 10.2. The lowest BCUT2D eigenvalue weighted by Gasteiger charge is -2.06. The standard InChI is InChI=1S/C18H16Cl2N2O4S2/c1-3-26-15(23)10-22-16-13(19)8-9-14(20)17(16)27-18(22)21-28(24,25)12-6-4-11(2)5-7-12/h4-9H,3,10H2,1-2H3/b21-18-. The predicted molar refractivity (Wildman–Crippen MR) is 110 cm³/mol. The van der Waals surface area contributed by atoms with Crippen molar-refractivity contribution in [3.63, 3.8) is 0 Å². The highest BCUT2D eigenvalue weighted by molar-refractivity contribution is 7.90. The number of rotatable bonds is 5. The van der Waals surface area contributed by atoms with Crippen LogP contribution < -0.4 is 4.80 Å². The van der Waals surface area contributed by atoms with E-state index in [0.717, 1.165) is 16.9 Å². The van der Waals surface area contributed by atoms with E-state index in [9.17, 15) is 13.2 Å². The van der Waals surface area contributed by atoms with Crippen LogP contribution in [-0.4, -0.2) is 25.6 Å². The van der Waals surface area contributed by atoms with Crippen LogP contribution in [0.4, 0.5) is 0 Å². The molecule has 1 heterocycles. The second kappa shape index (κ2) is 8.24. The molecule has 28 heavy (non-hydrogen) atoms. The van der Waals surface area contributed by atoms with E-state index in [0.29, 0.717) is 20.3 Å². The molecule has 10 heteroatoms. The van der Waals surface area contributed by atoms with Crippen molar-refractivity contribution < 1.29 is 17.9 Å². The summed E-state index contributed by atoms with van der Waals surface area (Å²) in [7, 11) is -4.00. The van der Waals surface area contributed by atoms with E-state index in [4.69, 9.17) is 27.9 Å². The molecule has 0 radical (unpaired) electrons. The maximum Gasteiger partial charge on any atom is 0.326 e. The monoisotopic (exact) mass is 458 g/mol. The number of ether oxygens (including phenoxy) is 1. The molecule has 0 aliphatic carbocycles. The number of thiazole rings is 1. The van der Waals surface area contributed by atoms with Crippen molar-refractivity contribution in [2.24, 2.45) is 4.40 Å². The molecule has 0 fully saturated rings. The first-order chi connectivity index (χ1) is 13.2. The molecule has 6 nitrogen and oxygen atoms in total. The molecule has 0 saturated carbocycles. The zero-order valence-corrected chi connectivity index (χ0v) is 18.1. The van der Waals surface area contributed by atoms with Crippen molar-refractivity contribution in [2.75, 3.05) is 6.61 Å². The molecule has 0 amide bonds. The first kappa shape index (κ1) is 20.9. The van der Waals surface area contributed by atoms with Crippen LogP contribution in [0.2, 0.25) is 10.0 Å². The van der Waals surface area contributed by atoms with Crippen LogP contribution in [0.25, 0.3) is 10.2 Å². The number of sulfonamides is 1. The van der Waals surface area contributed by atoms with E-state index in [1.807, 2.05) is 6.92 Å². The van der Waals surface area contributed by atoms with Crippen LogP contribution >= 0.6 is 34.5 Å². The minimum absolute atomic E-state index is 0.0513. The summed E-state index contributed by atoms with van der Waals surface area (Å²) in [5.41, 5.74) is 1.36. The molecule has 1 aromatic heterocycles. The van der Waals surface area contributed by atoms with Crippen molar-refractivity contribution >= 4 is 60.7 Å². The Kier molecular flexibility index (Phi) is 6.14. The van der Waals surface area contributed by atoms with Gasteiger partial charge in [-0.2, -0.15) is 8.42 Å². The van der Waals surface area contributed by atoms with Crippen molar-refractivity contribution in [1.29, 1.82) is 0 Å². The van der Waals surface area contributed by atoms with Crippen LogP contribution in [0.3, 0.4) is 0 Å². The topological polar surface area (TPSA) is 77.7 Å². The van der Waals surface area contributed by atoms with Gasteiger partial charge in [-0.1, -0.05) is 52.2 Å². The highest BCUT2D eigenvalue weighted by Crippen LogP contribution is 2.32. The largest absolute Gasteiger partial charge is 0.465 e. The molecule has 0 atom stereocenters. The van der Waals surface area contributed by atoms with E-state index in [2.05, 4.69) is 4.40 Å². The van der Waals surface area contributed by atoms with E-state index in [1.165, 1.54) is 16.7 Å². The number of hydrogen-bond donors (Lipinski definition) is 0. The average molecular weight is 459 g/mol. The maximum atomic E-state index is 12.8. The molecule has 0 bridgehead atoms. The number of esters is 1. The quantitative estimate of drug-likeness (QED) is 0.537. The summed E-state index contributed by atoms with van der Waals surface area (Å²) in [6, 6.07) is 9.53. The highest BCUT2D eigenvalue weighted by atomic mass is 35.5. The van der Waals surface area contributed by atoms with Gasteiger partial charge in [-0.3, -0.25) is 4.79 Å². The number of aromatic nitrogens is 1. The Morgan fingerprint density at radius 3 is 2.43 bits per heavy atom. The fraction of sp³-hybridized carbons (Fsp3) is 0.222. The first-order valence-electron chi connectivity index (χ1n) is 8.23. The van der Waals surface area contributed by atoms with Gasteiger partial charge in [-0.15, -0.1) is 4.40 Å². The van der Waals surface area contributed by atoms with Crippen LogP contribution in [0.5, 0.6) is 0 Å². The van der Waals surface area contributed by atoms with Gasteiger partial charge in [0.25, 0.3) is 10.0 Å². The van der Waals surface area contributed by atoms with Gasteiger partial charge in [0.1, 0.15) is 6.54 Å². The Balaban J connectivity index is 2.26. The summed E-state index contributed by atoms with van der Waals surface area (Å²) >= 11 is 13.6. The molecule has 3 aromatic rings. The molecule has 0 N–H and O–H groups in total.